The van der Waals surface area contributed by atoms with Crippen LogP contribution < -0.4 is 5.32 Å². The summed E-state index contributed by atoms with van der Waals surface area (Å²) in [6, 6.07) is -0.832. The van der Waals surface area contributed by atoms with Gasteiger partial charge in [-0.3, -0.25) is 4.79 Å². The van der Waals surface area contributed by atoms with Crippen molar-refractivity contribution < 1.29 is 19.4 Å². The van der Waals surface area contributed by atoms with Crippen LogP contribution >= 0.6 is 0 Å². The second-order valence-corrected chi connectivity index (χ2v) is 3.00. The lowest BCUT2D eigenvalue weighted by atomic mass is 10.3. The fourth-order valence-electron chi connectivity index (χ4n) is 1.23. The van der Waals surface area contributed by atoms with Crippen molar-refractivity contribution in [2.45, 2.75) is 13.0 Å². The van der Waals surface area contributed by atoms with Crippen LogP contribution in [-0.2, 0) is 14.3 Å². The smallest absolute Gasteiger partial charge is 0.328 e. The van der Waals surface area contributed by atoms with Crippen LogP contribution in [0.25, 0.3) is 0 Å². The number of carbonyl (C=O) groups is 2. The van der Waals surface area contributed by atoms with Gasteiger partial charge in [0.15, 0.2) is 6.04 Å². The number of nitrogens with one attached hydrogen (secondary N) is 1. The van der Waals surface area contributed by atoms with Crippen LogP contribution in [0.1, 0.15) is 6.92 Å². The minimum absolute atomic E-state index is 0.0706. The zero-order chi connectivity index (χ0) is 10.6. The molecule has 1 unspecified atom stereocenters. The number of carbonyl (C=O) groups excluding carboxylic acids is 1. The second-order valence-electron chi connectivity index (χ2n) is 3.00. The third-order valence-corrected chi connectivity index (χ3v) is 2.01. The van der Waals surface area contributed by atoms with E-state index in [1.165, 1.54) is 4.90 Å². The molecule has 1 rings (SSSR count). The molecule has 1 saturated heterocycles. The number of likely N-dealkylation sites (N-methyl/N-ethyl adjacent to an activating group) is 1. The predicted molar refractivity (Wildman–Crippen MR) is 47.6 cm³/mol. The topological polar surface area (TPSA) is 78.9 Å². The van der Waals surface area contributed by atoms with Gasteiger partial charge in [0.2, 0.25) is 5.91 Å². The van der Waals surface area contributed by atoms with Crippen molar-refractivity contribution in [3.63, 3.8) is 0 Å². The zero-order valence-corrected chi connectivity index (χ0v) is 8.02. The van der Waals surface area contributed by atoms with Crippen molar-refractivity contribution >= 4 is 11.9 Å². The molecule has 6 nitrogen and oxygen atoms in total. The molecule has 0 aliphatic carbocycles. The van der Waals surface area contributed by atoms with E-state index in [0.717, 1.165) is 0 Å². The predicted octanol–water partition coefficient (Wildman–Crippen LogP) is -1.13. The van der Waals surface area contributed by atoms with E-state index in [4.69, 9.17) is 9.84 Å². The summed E-state index contributed by atoms with van der Waals surface area (Å²) in [4.78, 5) is 23.4. The highest BCUT2D eigenvalue weighted by Crippen LogP contribution is 2.09. The number of amides is 1. The van der Waals surface area contributed by atoms with Gasteiger partial charge >= 0.3 is 5.97 Å². The normalized spacial score (nSPS) is 21.2. The molecule has 1 fully saturated rings. The Labute approximate surface area is 81.8 Å². The van der Waals surface area contributed by atoms with E-state index in [0.29, 0.717) is 6.54 Å². The lowest BCUT2D eigenvalue weighted by Crippen LogP contribution is -2.45. The van der Waals surface area contributed by atoms with Gasteiger partial charge in [0.05, 0.1) is 13.2 Å². The first kappa shape index (κ1) is 10.9. The van der Waals surface area contributed by atoms with E-state index in [9.17, 15) is 9.59 Å². The van der Waals surface area contributed by atoms with Crippen LogP contribution in [0.15, 0.2) is 0 Å². The first-order chi connectivity index (χ1) is 6.66. The number of carboxylic acids is 1. The molecular formula is C8H14N2O4. The summed E-state index contributed by atoms with van der Waals surface area (Å²) in [5.74, 6) is -1.26. The Bertz CT molecular complexity index is 231. The first-order valence-electron chi connectivity index (χ1n) is 4.47. The van der Waals surface area contributed by atoms with E-state index in [1.54, 1.807) is 0 Å². The molecule has 6 heteroatoms. The quantitative estimate of drug-likeness (QED) is 0.602. The van der Waals surface area contributed by atoms with Gasteiger partial charge in [-0.05, 0) is 6.54 Å². The summed E-state index contributed by atoms with van der Waals surface area (Å²) in [6.45, 7) is 2.86. The summed E-state index contributed by atoms with van der Waals surface area (Å²) in [5, 5.41) is 11.6. The van der Waals surface area contributed by atoms with Crippen LogP contribution in [0.3, 0.4) is 0 Å². The Morgan fingerprint density at radius 2 is 2.36 bits per heavy atom. The number of rotatable bonds is 4. The summed E-state index contributed by atoms with van der Waals surface area (Å²) >= 11 is 0. The average molecular weight is 202 g/mol. The monoisotopic (exact) mass is 202 g/mol. The van der Waals surface area contributed by atoms with Gasteiger partial charge < -0.3 is 20.1 Å². The maximum Gasteiger partial charge on any atom is 0.328 e. The van der Waals surface area contributed by atoms with Gasteiger partial charge in [-0.25, -0.2) is 4.79 Å². The van der Waals surface area contributed by atoms with Gasteiger partial charge in [-0.2, -0.15) is 0 Å². The third-order valence-electron chi connectivity index (χ3n) is 2.01. The fourth-order valence-corrected chi connectivity index (χ4v) is 1.23. The van der Waals surface area contributed by atoms with Crippen LogP contribution in [0.4, 0.5) is 0 Å². The van der Waals surface area contributed by atoms with Crippen LogP contribution in [0.5, 0.6) is 0 Å². The molecule has 14 heavy (non-hydrogen) atoms. The lowest BCUT2D eigenvalue weighted by molar-refractivity contribution is -0.147. The number of ether oxygens (including phenoxy) is 1. The minimum atomic E-state index is -1.02. The molecule has 0 spiro atoms. The molecule has 80 valence electrons. The maximum absolute atomic E-state index is 11.4. The molecule has 1 aliphatic heterocycles. The largest absolute Gasteiger partial charge is 0.480 e. The fraction of sp³-hybridized carbons (Fsp3) is 0.750. The van der Waals surface area contributed by atoms with E-state index < -0.39 is 12.0 Å². The molecule has 2 N–H and O–H groups in total. The van der Waals surface area contributed by atoms with Crippen LogP contribution in [0.2, 0.25) is 0 Å². The minimum Gasteiger partial charge on any atom is -0.480 e. The summed E-state index contributed by atoms with van der Waals surface area (Å²) in [6.07, 6.45) is 0. The van der Waals surface area contributed by atoms with E-state index in [1.807, 2.05) is 6.92 Å². The molecule has 1 amide bonds. The Kier molecular flexibility index (Phi) is 3.84. The number of nitrogens with zero attached hydrogens (tertiary/aromatic N) is 1. The number of hydrogen-bond acceptors (Lipinski definition) is 4. The van der Waals surface area contributed by atoms with Crippen molar-refractivity contribution in [1.29, 1.82) is 0 Å². The maximum atomic E-state index is 11.4. The molecule has 0 aromatic heterocycles. The standard InChI is InChI=1S/C8H14N2O4/c1-2-9-3-7(11)10-5-14-4-6(10)8(12)13/h6,9H,2-5H2,1H3,(H,12,13). The Morgan fingerprint density at radius 1 is 1.64 bits per heavy atom. The zero-order valence-electron chi connectivity index (χ0n) is 8.02. The molecule has 0 aromatic rings. The molecule has 0 saturated carbocycles. The van der Waals surface area contributed by atoms with Gasteiger partial charge in [0.25, 0.3) is 0 Å². The van der Waals surface area contributed by atoms with Crippen molar-refractivity contribution in [3.8, 4) is 0 Å². The van der Waals surface area contributed by atoms with Crippen LogP contribution in [-0.4, -0.2) is 54.4 Å². The van der Waals surface area contributed by atoms with E-state index >= 15 is 0 Å². The van der Waals surface area contributed by atoms with Gasteiger partial charge in [0.1, 0.15) is 6.73 Å². The molecule has 0 bridgehead atoms. The van der Waals surface area contributed by atoms with E-state index in [-0.39, 0.29) is 25.8 Å². The van der Waals surface area contributed by atoms with Gasteiger partial charge in [-0.15, -0.1) is 0 Å². The van der Waals surface area contributed by atoms with Crippen molar-refractivity contribution in [3.05, 3.63) is 0 Å². The van der Waals surface area contributed by atoms with Crippen molar-refractivity contribution in [1.82, 2.24) is 10.2 Å². The first-order valence-corrected chi connectivity index (χ1v) is 4.47. The second kappa shape index (κ2) is 4.92. The Balaban J connectivity index is 2.49. The summed E-state index contributed by atoms with van der Waals surface area (Å²) < 4.78 is 4.93. The highest BCUT2D eigenvalue weighted by Gasteiger charge is 2.34. The van der Waals surface area contributed by atoms with Crippen molar-refractivity contribution in [2.75, 3.05) is 26.4 Å². The highest BCUT2D eigenvalue weighted by atomic mass is 16.5. The van der Waals surface area contributed by atoms with E-state index in [2.05, 4.69) is 5.32 Å². The molecule has 1 aliphatic rings. The van der Waals surface area contributed by atoms with Crippen molar-refractivity contribution in [2.24, 2.45) is 0 Å². The van der Waals surface area contributed by atoms with Gasteiger partial charge in [0, 0.05) is 0 Å². The number of hydrogen-bond donors (Lipinski definition) is 2. The Hall–Kier alpha value is -1.14. The highest BCUT2D eigenvalue weighted by molar-refractivity contribution is 5.85. The molecule has 1 atom stereocenters. The van der Waals surface area contributed by atoms with Crippen LogP contribution in [0, 0.1) is 0 Å². The number of aliphatic carboxylic acids is 1. The Morgan fingerprint density at radius 3 is 2.93 bits per heavy atom. The average Bonchev–Trinajstić information content (AvgIpc) is 2.62. The molecular weight excluding hydrogens is 188 g/mol. The summed E-state index contributed by atoms with van der Waals surface area (Å²) in [5.41, 5.74) is 0. The lowest BCUT2D eigenvalue weighted by Gasteiger charge is -2.18. The third kappa shape index (κ3) is 2.43. The molecule has 0 radical (unpaired) electrons. The number of carboxylic acid groups (broad SMARTS) is 1. The molecule has 0 aromatic carbocycles. The summed E-state index contributed by atoms with van der Waals surface area (Å²) in [7, 11) is 0. The van der Waals surface area contributed by atoms with Gasteiger partial charge in [-0.1, -0.05) is 6.92 Å². The molecule has 1 heterocycles. The SMILES string of the molecule is CCNCC(=O)N1COCC1C(=O)O.